The van der Waals surface area contributed by atoms with Crippen molar-refractivity contribution in [3.05, 3.63) is 23.8 Å². The fourth-order valence-corrected chi connectivity index (χ4v) is 1.82. The molecule has 0 amide bonds. The van der Waals surface area contributed by atoms with E-state index in [0.717, 1.165) is 18.5 Å². The Morgan fingerprint density at radius 1 is 1.31 bits per heavy atom. The largest absolute Gasteiger partial charge is 0.586 e. The Balaban J connectivity index is 0.000000963. The molecular weight excluding hydrogens is 240 g/mol. The molecule has 0 unspecified atom stereocenters. The Labute approximate surface area is 97.1 Å². The van der Waals surface area contributed by atoms with Gasteiger partial charge in [0.1, 0.15) is 0 Å². The highest BCUT2D eigenvalue weighted by Crippen LogP contribution is 2.46. The monoisotopic (exact) mass is 249 g/mol. The number of nitrogens with one attached hydrogen (secondary N) is 1. The summed E-state index contributed by atoms with van der Waals surface area (Å²) in [6.45, 7) is 0.908. The van der Waals surface area contributed by atoms with E-state index in [0.29, 0.717) is 0 Å². The number of alkyl halides is 2. The van der Waals surface area contributed by atoms with Gasteiger partial charge >= 0.3 is 6.29 Å². The predicted molar refractivity (Wildman–Crippen MR) is 55.3 cm³/mol. The lowest BCUT2D eigenvalue weighted by molar-refractivity contribution is -0.287. The Morgan fingerprint density at radius 2 is 2.06 bits per heavy atom. The second kappa shape index (κ2) is 3.75. The van der Waals surface area contributed by atoms with Crippen LogP contribution in [0.3, 0.4) is 0 Å². The van der Waals surface area contributed by atoms with Crippen molar-refractivity contribution in [1.29, 1.82) is 0 Å². The average molecular weight is 250 g/mol. The number of ether oxygens (including phenoxy) is 2. The average Bonchev–Trinajstić information content (AvgIpc) is 2.37. The van der Waals surface area contributed by atoms with E-state index in [1.165, 1.54) is 6.07 Å². The molecule has 2 aliphatic heterocycles. The Morgan fingerprint density at radius 3 is 2.69 bits per heavy atom. The molecule has 0 bridgehead atoms. The third-order valence-electron chi connectivity index (χ3n) is 2.66. The molecule has 1 aromatic carbocycles. The van der Waals surface area contributed by atoms with E-state index in [4.69, 9.17) is 0 Å². The van der Waals surface area contributed by atoms with Crippen LogP contribution in [0, 0.1) is 0 Å². The second-order valence-corrected chi connectivity index (χ2v) is 3.64. The first-order valence-electron chi connectivity index (χ1n) is 4.78. The van der Waals surface area contributed by atoms with Gasteiger partial charge in [-0.15, -0.1) is 21.2 Å². The van der Waals surface area contributed by atoms with Crippen LogP contribution in [0.5, 0.6) is 11.5 Å². The van der Waals surface area contributed by atoms with Crippen molar-refractivity contribution in [1.82, 2.24) is 5.32 Å². The summed E-state index contributed by atoms with van der Waals surface area (Å²) in [6.07, 6.45) is -2.59. The minimum Gasteiger partial charge on any atom is -0.395 e. The summed E-state index contributed by atoms with van der Waals surface area (Å²) in [5, 5.41) is 3.14. The van der Waals surface area contributed by atoms with E-state index < -0.39 is 6.29 Å². The zero-order chi connectivity index (χ0) is 10.5. The van der Waals surface area contributed by atoms with Gasteiger partial charge in [-0.25, -0.2) is 0 Å². The van der Waals surface area contributed by atoms with E-state index in [1.807, 2.05) is 0 Å². The number of hydrogen-bond acceptors (Lipinski definition) is 3. The first-order valence-corrected chi connectivity index (χ1v) is 4.78. The van der Waals surface area contributed by atoms with E-state index >= 15 is 0 Å². The van der Waals surface area contributed by atoms with Crippen LogP contribution in [-0.2, 0) is 0 Å². The number of fused-ring (bicyclic) bond motifs is 1. The van der Waals surface area contributed by atoms with Gasteiger partial charge in [-0.05, 0) is 19.0 Å². The minimum absolute atomic E-state index is 0. The first kappa shape index (κ1) is 11.4. The van der Waals surface area contributed by atoms with Gasteiger partial charge < -0.3 is 14.8 Å². The summed E-state index contributed by atoms with van der Waals surface area (Å²) in [5.74, 6) is 0.283. The van der Waals surface area contributed by atoms with Gasteiger partial charge in [0.25, 0.3) is 0 Å². The lowest BCUT2D eigenvalue weighted by Gasteiger charge is -2.28. The van der Waals surface area contributed by atoms with Gasteiger partial charge in [-0.3, -0.25) is 0 Å². The third kappa shape index (κ3) is 1.70. The predicted octanol–water partition coefficient (Wildman–Crippen LogP) is 2.46. The number of rotatable bonds is 1. The molecule has 0 radical (unpaired) electrons. The molecule has 16 heavy (non-hydrogen) atoms. The van der Waals surface area contributed by atoms with Gasteiger partial charge in [0.15, 0.2) is 11.5 Å². The minimum atomic E-state index is -3.53. The molecule has 3 nitrogen and oxygen atoms in total. The summed E-state index contributed by atoms with van der Waals surface area (Å²) >= 11 is 0. The lowest BCUT2D eigenvalue weighted by atomic mass is 9.97. The smallest absolute Gasteiger partial charge is 0.395 e. The zero-order valence-electron chi connectivity index (χ0n) is 8.20. The molecule has 0 aliphatic carbocycles. The maximum atomic E-state index is 12.8. The highest BCUT2D eigenvalue weighted by atomic mass is 35.5. The lowest BCUT2D eigenvalue weighted by Crippen LogP contribution is -2.35. The van der Waals surface area contributed by atoms with Gasteiger partial charge in [-0.2, -0.15) is 0 Å². The van der Waals surface area contributed by atoms with Crippen molar-refractivity contribution in [2.24, 2.45) is 0 Å². The van der Waals surface area contributed by atoms with Crippen molar-refractivity contribution < 1.29 is 18.3 Å². The highest BCUT2D eigenvalue weighted by Gasteiger charge is 2.45. The molecule has 1 aromatic rings. The van der Waals surface area contributed by atoms with Gasteiger partial charge in [0, 0.05) is 11.6 Å². The topological polar surface area (TPSA) is 30.5 Å². The SMILES string of the molecule is Cl.FC1(F)Oc2cccc([C@@H]3CCN3)c2O1. The van der Waals surface area contributed by atoms with Crippen LogP contribution in [0.2, 0.25) is 0 Å². The van der Waals surface area contributed by atoms with Crippen LogP contribution < -0.4 is 14.8 Å². The Kier molecular flexibility index (Phi) is 2.67. The van der Waals surface area contributed by atoms with Crippen molar-refractivity contribution in [2.75, 3.05) is 6.54 Å². The molecule has 0 spiro atoms. The standard InChI is InChI=1S/C10H9F2NO2.ClH/c11-10(12)14-8-3-1-2-6(9(8)15-10)7-4-5-13-7;/h1-3,7,13H,4-5H2;1H/t7-;/m0./s1. The van der Waals surface area contributed by atoms with Gasteiger partial charge in [0.05, 0.1) is 0 Å². The maximum Gasteiger partial charge on any atom is 0.586 e. The molecule has 2 heterocycles. The maximum absolute atomic E-state index is 12.8. The van der Waals surface area contributed by atoms with E-state index in [2.05, 4.69) is 14.8 Å². The zero-order valence-corrected chi connectivity index (χ0v) is 9.02. The normalized spacial score (nSPS) is 24.5. The Hall–Kier alpha value is -1.07. The fraction of sp³-hybridized carbons (Fsp3) is 0.400. The number of halogens is 3. The molecule has 1 N–H and O–H groups in total. The van der Waals surface area contributed by atoms with Crippen LogP contribution in [0.1, 0.15) is 18.0 Å². The number of para-hydroxylation sites is 1. The van der Waals surface area contributed by atoms with Crippen LogP contribution in [0.15, 0.2) is 18.2 Å². The van der Waals surface area contributed by atoms with Gasteiger partial charge in [-0.1, -0.05) is 12.1 Å². The van der Waals surface area contributed by atoms with Crippen molar-refractivity contribution in [3.8, 4) is 11.5 Å². The molecule has 1 fully saturated rings. The summed E-state index contributed by atoms with van der Waals surface area (Å²) < 4.78 is 34.5. The van der Waals surface area contributed by atoms with E-state index in [-0.39, 0.29) is 29.9 Å². The van der Waals surface area contributed by atoms with Gasteiger partial charge in [0.2, 0.25) is 0 Å². The number of benzene rings is 1. The first-order chi connectivity index (χ1) is 7.16. The summed E-state index contributed by atoms with van der Waals surface area (Å²) in [6, 6.07) is 5.06. The van der Waals surface area contributed by atoms with E-state index in [1.54, 1.807) is 12.1 Å². The van der Waals surface area contributed by atoms with Crippen molar-refractivity contribution >= 4 is 12.4 Å². The van der Waals surface area contributed by atoms with Crippen LogP contribution >= 0.6 is 12.4 Å². The highest BCUT2D eigenvalue weighted by molar-refractivity contribution is 5.85. The van der Waals surface area contributed by atoms with Crippen molar-refractivity contribution in [2.45, 2.75) is 18.8 Å². The molecule has 0 saturated carbocycles. The van der Waals surface area contributed by atoms with Crippen LogP contribution in [-0.4, -0.2) is 12.8 Å². The Bertz CT molecular complexity index is 410. The number of hydrogen-bond donors (Lipinski definition) is 1. The molecule has 2 aliphatic rings. The van der Waals surface area contributed by atoms with E-state index in [9.17, 15) is 8.78 Å². The second-order valence-electron chi connectivity index (χ2n) is 3.64. The van der Waals surface area contributed by atoms with Crippen LogP contribution in [0.4, 0.5) is 8.78 Å². The molecule has 1 atom stereocenters. The summed E-state index contributed by atoms with van der Waals surface area (Å²) in [4.78, 5) is 0. The van der Waals surface area contributed by atoms with Crippen LogP contribution in [0.25, 0.3) is 0 Å². The molecule has 1 saturated heterocycles. The molecule has 88 valence electrons. The van der Waals surface area contributed by atoms with Crippen molar-refractivity contribution in [3.63, 3.8) is 0 Å². The molecular formula is C10H10ClF2NO2. The molecule has 3 rings (SSSR count). The third-order valence-corrected chi connectivity index (χ3v) is 2.66. The summed E-state index contributed by atoms with van der Waals surface area (Å²) in [5.41, 5.74) is 0.746. The fourth-order valence-electron chi connectivity index (χ4n) is 1.82. The molecule has 6 heteroatoms. The quantitative estimate of drug-likeness (QED) is 0.829. The summed E-state index contributed by atoms with van der Waals surface area (Å²) in [7, 11) is 0. The molecule has 0 aromatic heterocycles.